The van der Waals surface area contributed by atoms with Crippen molar-refractivity contribution in [3.8, 4) is 0 Å². The van der Waals surface area contributed by atoms with Crippen molar-refractivity contribution >= 4 is 5.78 Å². The Balaban J connectivity index is 1.69. The second-order valence-corrected chi connectivity index (χ2v) is 9.39. The average molecular weight is 312 g/mol. The van der Waals surface area contributed by atoms with Crippen molar-refractivity contribution in [3.63, 3.8) is 0 Å². The lowest BCUT2D eigenvalue weighted by Gasteiger charge is -2.58. The Bertz CT molecular complexity index is 558. The molecule has 0 spiro atoms. The van der Waals surface area contributed by atoms with Gasteiger partial charge in [-0.15, -0.1) is 6.58 Å². The first-order valence-corrected chi connectivity index (χ1v) is 9.84. The van der Waals surface area contributed by atoms with Gasteiger partial charge >= 0.3 is 0 Å². The Hall–Kier alpha value is -0.850. The summed E-state index contributed by atoms with van der Waals surface area (Å²) in [6, 6.07) is 0. The molecule has 0 aromatic heterocycles. The van der Waals surface area contributed by atoms with Crippen LogP contribution in [0, 0.1) is 34.5 Å². The summed E-state index contributed by atoms with van der Waals surface area (Å²) in [6.45, 7) is 8.91. The highest BCUT2D eigenvalue weighted by Crippen LogP contribution is 2.65. The minimum Gasteiger partial charge on any atom is -0.295 e. The highest BCUT2D eigenvalue weighted by Gasteiger charge is 2.57. The molecule has 6 atom stereocenters. The highest BCUT2D eigenvalue weighted by molar-refractivity contribution is 5.96. The predicted molar refractivity (Wildman–Crippen MR) is 95.0 cm³/mol. The average Bonchev–Trinajstić information content (AvgIpc) is 2.91. The Kier molecular flexibility index (Phi) is 3.63. The van der Waals surface area contributed by atoms with Crippen LogP contribution in [0.4, 0.5) is 0 Å². The van der Waals surface area contributed by atoms with E-state index >= 15 is 0 Å². The third-order valence-corrected chi connectivity index (χ3v) is 8.38. The van der Waals surface area contributed by atoms with E-state index in [1.165, 1.54) is 44.9 Å². The summed E-state index contributed by atoms with van der Waals surface area (Å²) >= 11 is 0. The van der Waals surface area contributed by atoms with Crippen molar-refractivity contribution in [3.05, 3.63) is 24.3 Å². The summed E-state index contributed by atoms with van der Waals surface area (Å²) in [5.41, 5.74) is 1.95. The molecule has 23 heavy (non-hydrogen) atoms. The Morgan fingerprint density at radius 3 is 2.78 bits per heavy atom. The maximum atomic E-state index is 12.5. The summed E-state index contributed by atoms with van der Waals surface area (Å²) in [4.78, 5) is 12.5. The van der Waals surface area contributed by atoms with Gasteiger partial charge in [-0.3, -0.25) is 4.79 Å². The normalized spacial score (nSPS) is 49.0. The first kappa shape index (κ1) is 15.7. The summed E-state index contributed by atoms with van der Waals surface area (Å²) < 4.78 is 0. The molecule has 3 saturated carbocycles. The van der Waals surface area contributed by atoms with Crippen LogP contribution in [-0.4, -0.2) is 5.78 Å². The number of carbonyl (C=O) groups is 1. The van der Waals surface area contributed by atoms with Gasteiger partial charge in [0.1, 0.15) is 0 Å². The van der Waals surface area contributed by atoms with Gasteiger partial charge in [0, 0.05) is 6.42 Å². The molecular formula is C22H32O. The van der Waals surface area contributed by atoms with Crippen molar-refractivity contribution in [2.24, 2.45) is 34.5 Å². The first-order chi connectivity index (χ1) is 11.0. The number of hydrogen-bond donors (Lipinski definition) is 0. The van der Waals surface area contributed by atoms with Crippen molar-refractivity contribution in [1.29, 1.82) is 0 Å². The van der Waals surface area contributed by atoms with E-state index in [0.29, 0.717) is 17.1 Å². The van der Waals surface area contributed by atoms with Gasteiger partial charge in [0.15, 0.2) is 5.78 Å². The summed E-state index contributed by atoms with van der Waals surface area (Å²) in [5.74, 6) is 3.66. The van der Waals surface area contributed by atoms with E-state index < -0.39 is 0 Å². The molecule has 4 aliphatic carbocycles. The highest BCUT2D eigenvalue weighted by atomic mass is 16.1. The Labute approximate surface area is 141 Å². The van der Waals surface area contributed by atoms with Crippen LogP contribution in [0.2, 0.25) is 0 Å². The number of allylic oxidation sites excluding steroid dienone is 3. The van der Waals surface area contributed by atoms with E-state index in [1.807, 2.05) is 6.08 Å². The van der Waals surface area contributed by atoms with Gasteiger partial charge in [0.05, 0.1) is 0 Å². The van der Waals surface area contributed by atoms with E-state index in [2.05, 4.69) is 26.5 Å². The molecule has 126 valence electrons. The minimum absolute atomic E-state index is 0.263. The molecule has 0 unspecified atom stereocenters. The smallest absolute Gasteiger partial charge is 0.159 e. The quantitative estimate of drug-likeness (QED) is 0.597. The van der Waals surface area contributed by atoms with Crippen molar-refractivity contribution in [1.82, 2.24) is 0 Å². The van der Waals surface area contributed by atoms with Crippen molar-refractivity contribution < 1.29 is 4.79 Å². The van der Waals surface area contributed by atoms with Crippen LogP contribution >= 0.6 is 0 Å². The zero-order chi connectivity index (χ0) is 16.2. The zero-order valence-electron chi connectivity index (χ0n) is 14.9. The van der Waals surface area contributed by atoms with E-state index in [0.717, 1.165) is 36.2 Å². The fraction of sp³-hybridized carbons (Fsp3) is 0.773. The molecule has 0 radical (unpaired) electrons. The molecule has 0 aromatic rings. The molecule has 0 heterocycles. The summed E-state index contributed by atoms with van der Waals surface area (Å²) in [5, 5.41) is 0. The van der Waals surface area contributed by atoms with E-state index in [-0.39, 0.29) is 5.41 Å². The molecule has 1 nitrogen and oxygen atoms in total. The van der Waals surface area contributed by atoms with Crippen LogP contribution in [-0.2, 0) is 4.79 Å². The number of ketones is 1. The van der Waals surface area contributed by atoms with Gasteiger partial charge in [0.2, 0.25) is 0 Å². The molecule has 0 aliphatic heterocycles. The second-order valence-electron chi connectivity index (χ2n) is 9.39. The number of carbonyl (C=O) groups excluding carboxylic acids is 1. The maximum Gasteiger partial charge on any atom is 0.159 e. The molecule has 0 bridgehead atoms. The SMILES string of the molecule is C=CCC1=C[C@@]2(C)[C@@H](CC[C@H]3[C@@H]4CCC[C@@]4(C)CC[C@@H]32)CC1=O. The van der Waals surface area contributed by atoms with Gasteiger partial charge in [-0.05, 0) is 85.0 Å². The monoisotopic (exact) mass is 312 g/mol. The Morgan fingerprint density at radius 1 is 1.17 bits per heavy atom. The molecule has 4 rings (SSSR count). The molecule has 0 saturated heterocycles. The van der Waals surface area contributed by atoms with Crippen LogP contribution < -0.4 is 0 Å². The van der Waals surface area contributed by atoms with Crippen LogP contribution in [0.5, 0.6) is 0 Å². The number of fused-ring (bicyclic) bond motifs is 5. The fourth-order valence-electron chi connectivity index (χ4n) is 7.15. The van der Waals surface area contributed by atoms with Gasteiger partial charge in [-0.25, -0.2) is 0 Å². The lowest BCUT2D eigenvalue weighted by atomic mass is 9.46. The standard InChI is InChI=1S/C22H32O/c1-4-6-15-14-22(3)16(13-20(15)23)8-9-17-18-7-5-11-21(18,2)12-10-19(17)22/h4,14,16-19H,1,5-13H2,2-3H3/t16-,17-,18-,19-,21-,22-/m0/s1. The number of hydrogen-bond acceptors (Lipinski definition) is 1. The first-order valence-electron chi connectivity index (χ1n) is 9.84. The molecular weight excluding hydrogens is 280 g/mol. The Morgan fingerprint density at radius 2 is 2.00 bits per heavy atom. The van der Waals surface area contributed by atoms with Crippen LogP contribution in [0.3, 0.4) is 0 Å². The van der Waals surface area contributed by atoms with Crippen LogP contribution in [0.25, 0.3) is 0 Å². The molecule has 0 amide bonds. The van der Waals surface area contributed by atoms with Gasteiger partial charge < -0.3 is 0 Å². The van der Waals surface area contributed by atoms with Gasteiger partial charge in [-0.1, -0.05) is 32.4 Å². The number of Topliss-reactive ketones (excluding diaryl/α,β-unsaturated/α-hetero) is 1. The third-order valence-electron chi connectivity index (χ3n) is 8.38. The van der Waals surface area contributed by atoms with Crippen LogP contribution in [0.15, 0.2) is 24.3 Å². The lowest BCUT2D eigenvalue weighted by molar-refractivity contribution is -0.123. The van der Waals surface area contributed by atoms with E-state index in [1.54, 1.807) is 0 Å². The third kappa shape index (κ3) is 2.22. The van der Waals surface area contributed by atoms with Gasteiger partial charge in [0.25, 0.3) is 0 Å². The lowest BCUT2D eigenvalue weighted by Crippen LogP contribution is -2.51. The maximum absolute atomic E-state index is 12.5. The second kappa shape index (κ2) is 5.33. The molecule has 4 aliphatic rings. The van der Waals surface area contributed by atoms with E-state index in [4.69, 9.17) is 0 Å². The van der Waals surface area contributed by atoms with Crippen molar-refractivity contribution in [2.75, 3.05) is 0 Å². The van der Waals surface area contributed by atoms with E-state index in [9.17, 15) is 4.79 Å². The van der Waals surface area contributed by atoms with Crippen LogP contribution in [0.1, 0.15) is 71.6 Å². The topological polar surface area (TPSA) is 17.1 Å². The molecule has 3 fully saturated rings. The molecule has 0 aromatic carbocycles. The fourth-order valence-corrected chi connectivity index (χ4v) is 7.15. The number of rotatable bonds is 2. The zero-order valence-corrected chi connectivity index (χ0v) is 14.9. The van der Waals surface area contributed by atoms with Crippen molar-refractivity contribution in [2.45, 2.75) is 71.6 Å². The summed E-state index contributed by atoms with van der Waals surface area (Å²) in [6.07, 6.45) is 15.7. The van der Waals surface area contributed by atoms with Gasteiger partial charge in [-0.2, -0.15) is 0 Å². The summed E-state index contributed by atoms with van der Waals surface area (Å²) in [7, 11) is 0. The molecule has 1 heteroatoms. The minimum atomic E-state index is 0.263. The largest absolute Gasteiger partial charge is 0.295 e. The predicted octanol–water partition coefficient (Wildman–Crippen LogP) is 5.71. The molecule has 0 N–H and O–H groups in total.